The van der Waals surface area contributed by atoms with Gasteiger partial charge in [-0.3, -0.25) is 0 Å². The first-order chi connectivity index (χ1) is 6.81. The maximum Gasteiger partial charge on any atom is 0.273 e. The monoisotopic (exact) mass is 210 g/mol. The smallest absolute Gasteiger partial charge is 0.273 e. The molecule has 0 saturated heterocycles. The van der Waals surface area contributed by atoms with Gasteiger partial charge >= 0.3 is 0 Å². The largest absolute Gasteiger partial charge is 0.473 e. The first-order valence-electron chi connectivity index (χ1n) is 4.71. The zero-order valence-electron chi connectivity index (χ0n) is 8.46. The summed E-state index contributed by atoms with van der Waals surface area (Å²) in [6, 6.07) is 0. The minimum Gasteiger partial charge on any atom is -0.473 e. The number of ether oxygens (including phenoxy) is 1. The molecule has 0 fully saturated rings. The summed E-state index contributed by atoms with van der Waals surface area (Å²) >= 11 is 1.61. The van der Waals surface area contributed by atoms with Crippen molar-refractivity contribution in [3.63, 3.8) is 0 Å². The molecule has 0 spiro atoms. The Labute approximate surface area is 87.8 Å². The van der Waals surface area contributed by atoms with Crippen LogP contribution in [-0.4, -0.2) is 25.2 Å². The summed E-state index contributed by atoms with van der Waals surface area (Å²) in [5, 5.41) is 4.11. The third-order valence-corrected chi connectivity index (χ3v) is 3.47. The van der Waals surface area contributed by atoms with E-state index in [2.05, 4.69) is 17.2 Å². The molecule has 0 aliphatic carbocycles. The molecule has 2 heterocycles. The average Bonchev–Trinajstić information content (AvgIpc) is 2.67. The standard InChI is InChI=1S/C10H14N2OS/c1-7-3-4-11-5-8(7)9-6-12-10(13-2)14-9/h6,11H,3-5H2,1-2H3. The molecule has 0 amide bonds. The van der Waals surface area contributed by atoms with Gasteiger partial charge in [0.25, 0.3) is 5.19 Å². The van der Waals surface area contributed by atoms with Crippen molar-refractivity contribution in [1.29, 1.82) is 0 Å². The number of rotatable bonds is 2. The lowest BCUT2D eigenvalue weighted by Gasteiger charge is -2.17. The molecule has 0 radical (unpaired) electrons. The second kappa shape index (κ2) is 4.11. The van der Waals surface area contributed by atoms with Crippen LogP contribution in [0.4, 0.5) is 0 Å². The molecule has 1 aromatic heterocycles. The van der Waals surface area contributed by atoms with Gasteiger partial charge in [-0.25, -0.2) is 4.98 Å². The Morgan fingerprint density at radius 2 is 2.43 bits per heavy atom. The molecule has 0 atom stereocenters. The van der Waals surface area contributed by atoms with Crippen molar-refractivity contribution in [2.75, 3.05) is 20.2 Å². The molecule has 0 saturated carbocycles. The Hall–Kier alpha value is -0.870. The van der Waals surface area contributed by atoms with Crippen molar-refractivity contribution in [3.05, 3.63) is 16.6 Å². The minimum atomic E-state index is 0.742. The van der Waals surface area contributed by atoms with E-state index in [1.54, 1.807) is 18.4 Å². The zero-order chi connectivity index (χ0) is 9.97. The molecule has 0 aromatic carbocycles. The summed E-state index contributed by atoms with van der Waals surface area (Å²) in [6.07, 6.45) is 3.03. The van der Waals surface area contributed by atoms with Gasteiger partial charge in [-0.2, -0.15) is 0 Å². The summed E-state index contributed by atoms with van der Waals surface area (Å²) in [5.74, 6) is 0. The number of hydrogen-bond acceptors (Lipinski definition) is 4. The van der Waals surface area contributed by atoms with Crippen molar-refractivity contribution < 1.29 is 4.74 Å². The van der Waals surface area contributed by atoms with Crippen LogP contribution in [0.25, 0.3) is 5.57 Å². The van der Waals surface area contributed by atoms with Crippen LogP contribution in [0.1, 0.15) is 18.2 Å². The highest BCUT2D eigenvalue weighted by atomic mass is 32.1. The topological polar surface area (TPSA) is 34.1 Å². The molecule has 14 heavy (non-hydrogen) atoms. The lowest BCUT2D eigenvalue weighted by Crippen LogP contribution is -2.23. The highest BCUT2D eigenvalue weighted by molar-refractivity contribution is 7.14. The maximum atomic E-state index is 5.09. The van der Waals surface area contributed by atoms with E-state index >= 15 is 0 Å². The molecule has 3 nitrogen and oxygen atoms in total. The van der Waals surface area contributed by atoms with Gasteiger partial charge in [0.15, 0.2) is 0 Å². The molecule has 1 aliphatic rings. The third kappa shape index (κ3) is 1.81. The van der Waals surface area contributed by atoms with Crippen molar-refractivity contribution in [3.8, 4) is 5.19 Å². The second-order valence-corrected chi connectivity index (χ2v) is 4.37. The van der Waals surface area contributed by atoms with Gasteiger partial charge in [-0.15, -0.1) is 0 Å². The number of hydrogen-bond donors (Lipinski definition) is 1. The van der Waals surface area contributed by atoms with E-state index in [4.69, 9.17) is 4.74 Å². The molecule has 2 rings (SSSR count). The van der Waals surface area contributed by atoms with E-state index in [0.717, 1.165) is 24.7 Å². The van der Waals surface area contributed by atoms with Gasteiger partial charge in [-0.1, -0.05) is 16.9 Å². The Morgan fingerprint density at radius 1 is 1.57 bits per heavy atom. The van der Waals surface area contributed by atoms with E-state index in [1.165, 1.54) is 16.0 Å². The molecule has 76 valence electrons. The molecule has 4 heteroatoms. The van der Waals surface area contributed by atoms with Gasteiger partial charge in [0, 0.05) is 12.7 Å². The van der Waals surface area contributed by atoms with Crippen LogP contribution in [0.2, 0.25) is 0 Å². The Balaban J connectivity index is 2.29. The summed E-state index contributed by atoms with van der Waals surface area (Å²) in [4.78, 5) is 5.41. The lowest BCUT2D eigenvalue weighted by atomic mass is 10.0. The fraction of sp³-hybridized carbons (Fsp3) is 0.500. The van der Waals surface area contributed by atoms with Crippen molar-refractivity contribution >= 4 is 16.9 Å². The fourth-order valence-corrected chi connectivity index (χ4v) is 2.43. The molecular formula is C10H14N2OS. The quantitative estimate of drug-likeness (QED) is 0.809. The Morgan fingerprint density at radius 3 is 3.07 bits per heavy atom. The summed E-state index contributed by atoms with van der Waals surface area (Å²) in [5.41, 5.74) is 2.85. The van der Waals surface area contributed by atoms with E-state index in [0.29, 0.717) is 0 Å². The average molecular weight is 210 g/mol. The fourth-order valence-electron chi connectivity index (χ4n) is 1.58. The lowest BCUT2D eigenvalue weighted by molar-refractivity contribution is 0.412. The maximum absolute atomic E-state index is 5.09. The van der Waals surface area contributed by atoms with Crippen LogP contribution < -0.4 is 10.1 Å². The van der Waals surface area contributed by atoms with Crippen LogP contribution in [0.3, 0.4) is 0 Å². The zero-order valence-corrected chi connectivity index (χ0v) is 9.28. The Kier molecular flexibility index (Phi) is 2.84. The van der Waals surface area contributed by atoms with Crippen molar-refractivity contribution in [2.24, 2.45) is 0 Å². The van der Waals surface area contributed by atoms with Gasteiger partial charge < -0.3 is 10.1 Å². The van der Waals surface area contributed by atoms with Crippen LogP contribution in [0.15, 0.2) is 11.8 Å². The highest BCUT2D eigenvalue weighted by Crippen LogP contribution is 2.30. The van der Waals surface area contributed by atoms with Gasteiger partial charge in [0.05, 0.1) is 12.0 Å². The molecular weight excluding hydrogens is 196 g/mol. The second-order valence-electron chi connectivity index (χ2n) is 3.38. The van der Waals surface area contributed by atoms with Crippen LogP contribution in [-0.2, 0) is 0 Å². The number of nitrogens with zero attached hydrogens (tertiary/aromatic N) is 1. The predicted molar refractivity (Wildman–Crippen MR) is 58.7 cm³/mol. The minimum absolute atomic E-state index is 0.742. The van der Waals surface area contributed by atoms with Crippen molar-refractivity contribution in [2.45, 2.75) is 13.3 Å². The normalized spacial score (nSPS) is 17.3. The van der Waals surface area contributed by atoms with Crippen LogP contribution in [0.5, 0.6) is 5.19 Å². The SMILES string of the molecule is COc1ncc(C2=C(C)CCNC2)s1. The predicted octanol–water partition coefficient (Wildman–Crippen LogP) is 1.92. The van der Waals surface area contributed by atoms with Crippen LogP contribution >= 0.6 is 11.3 Å². The first kappa shape index (κ1) is 9.68. The van der Waals surface area contributed by atoms with E-state index in [1.807, 2.05) is 6.20 Å². The van der Waals surface area contributed by atoms with E-state index < -0.39 is 0 Å². The number of nitrogens with one attached hydrogen (secondary N) is 1. The number of aromatic nitrogens is 1. The molecule has 0 unspecified atom stereocenters. The van der Waals surface area contributed by atoms with Crippen molar-refractivity contribution in [1.82, 2.24) is 10.3 Å². The molecule has 1 aromatic rings. The summed E-state index contributed by atoms with van der Waals surface area (Å²) < 4.78 is 5.09. The molecule has 0 bridgehead atoms. The molecule has 1 N–H and O–H groups in total. The number of methoxy groups -OCH3 is 1. The summed E-state index contributed by atoms with van der Waals surface area (Å²) in [6.45, 7) is 4.24. The Bertz CT molecular complexity index is 357. The number of thiazole rings is 1. The van der Waals surface area contributed by atoms with E-state index in [-0.39, 0.29) is 0 Å². The van der Waals surface area contributed by atoms with Gasteiger partial charge in [0.2, 0.25) is 0 Å². The van der Waals surface area contributed by atoms with E-state index in [9.17, 15) is 0 Å². The third-order valence-electron chi connectivity index (χ3n) is 2.45. The summed E-state index contributed by atoms with van der Waals surface area (Å²) in [7, 11) is 1.66. The molecule has 1 aliphatic heterocycles. The van der Waals surface area contributed by atoms with Gasteiger partial charge in [0.1, 0.15) is 0 Å². The van der Waals surface area contributed by atoms with Crippen LogP contribution in [0, 0.1) is 0 Å². The first-order valence-corrected chi connectivity index (χ1v) is 5.52. The van der Waals surface area contributed by atoms with Gasteiger partial charge in [-0.05, 0) is 25.5 Å². The highest BCUT2D eigenvalue weighted by Gasteiger charge is 2.13.